The molecular formula is C23H49ClN2O. The minimum atomic E-state index is 0. The molecule has 0 aliphatic heterocycles. The van der Waals surface area contributed by atoms with Crippen molar-refractivity contribution in [1.29, 1.82) is 0 Å². The lowest BCUT2D eigenvalue weighted by molar-refractivity contribution is -0.121. The van der Waals surface area contributed by atoms with Crippen LogP contribution in [0.3, 0.4) is 0 Å². The Labute approximate surface area is 176 Å². The fraction of sp³-hybridized carbons (Fsp3) is 0.957. The number of hydrogen-bond acceptors (Lipinski definition) is 2. The Morgan fingerprint density at radius 2 is 1.07 bits per heavy atom. The zero-order valence-corrected chi connectivity index (χ0v) is 19.5. The van der Waals surface area contributed by atoms with Crippen LogP contribution in [0, 0.1) is 0 Å². The summed E-state index contributed by atoms with van der Waals surface area (Å²) in [6, 6.07) is 0. The van der Waals surface area contributed by atoms with E-state index in [1.165, 1.54) is 89.9 Å². The second-order valence-corrected chi connectivity index (χ2v) is 8.21. The lowest BCUT2D eigenvalue weighted by Gasteiger charge is -2.09. The van der Waals surface area contributed by atoms with Crippen LogP contribution in [0.4, 0.5) is 0 Å². The van der Waals surface area contributed by atoms with E-state index in [4.69, 9.17) is 0 Å². The minimum absolute atomic E-state index is 0. The van der Waals surface area contributed by atoms with Crippen LogP contribution in [-0.4, -0.2) is 38.0 Å². The summed E-state index contributed by atoms with van der Waals surface area (Å²) in [5.74, 6) is 0.235. The van der Waals surface area contributed by atoms with Crippen molar-refractivity contribution in [3.63, 3.8) is 0 Å². The lowest BCUT2D eigenvalue weighted by Crippen LogP contribution is -2.26. The highest BCUT2D eigenvalue weighted by Gasteiger charge is 2.00. The number of amides is 1. The third kappa shape index (κ3) is 25.7. The molecule has 1 amide bonds. The van der Waals surface area contributed by atoms with Crippen molar-refractivity contribution in [3.8, 4) is 0 Å². The molecule has 0 saturated carbocycles. The Morgan fingerprint density at radius 3 is 1.48 bits per heavy atom. The summed E-state index contributed by atoms with van der Waals surface area (Å²) in [6.07, 6.45) is 22.3. The molecular weight excluding hydrogens is 356 g/mol. The van der Waals surface area contributed by atoms with Gasteiger partial charge in [-0.05, 0) is 33.5 Å². The van der Waals surface area contributed by atoms with Crippen LogP contribution in [0.15, 0.2) is 0 Å². The van der Waals surface area contributed by atoms with Crippen molar-refractivity contribution >= 4 is 18.3 Å². The van der Waals surface area contributed by atoms with E-state index in [2.05, 4.69) is 31.2 Å². The number of nitrogens with zero attached hydrogens (tertiary/aromatic N) is 1. The van der Waals surface area contributed by atoms with E-state index in [0.717, 1.165) is 25.9 Å². The number of hydrogen-bond donors (Lipinski definition) is 1. The summed E-state index contributed by atoms with van der Waals surface area (Å²) in [5, 5.41) is 3.02. The van der Waals surface area contributed by atoms with Gasteiger partial charge in [0, 0.05) is 13.0 Å². The second-order valence-electron chi connectivity index (χ2n) is 8.21. The van der Waals surface area contributed by atoms with Crippen molar-refractivity contribution < 1.29 is 4.79 Å². The Bertz CT molecular complexity index is 298. The molecule has 27 heavy (non-hydrogen) atoms. The first-order valence-corrected chi connectivity index (χ1v) is 11.6. The first-order valence-electron chi connectivity index (χ1n) is 11.6. The van der Waals surface area contributed by atoms with Gasteiger partial charge in [0.1, 0.15) is 0 Å². The minimum Gasteiger partial charge on any atom is -0.356 e. The van der Waals surface area contributed by atoms with Crippen LogP contribution in [0.1, 0.15) is 116 Å². The predicted octanol–water partition coefficient (Wildman–Crippen LogP) is 6.74. The molecule has 0 radical (unpaired) electrons. The molecule has 0 aromatic carbocycles. The number of nitrogens with one attached hydrogen (secondary N) is 1. The SMILES string of the molecule is CCCCCCCCCCCCCCCCCC(=O)NCCCN(C)C.Cl. The molecule has 0 spiro atoms. The molecule has 0 aliphatic rings. The van der Waals surface area contributed by atoms with E-state index in [9.17, 15) is 4.79 Å². The van der Waals surface area contributed by atoms with Crippen LogP contribution < -0.4 is 5.32 Å². The van der Waals surface area contributed by atoms with Gasteiger partial charge < -0.3 is 10.2 Å². The molecule has 0 rings (SSSR count). The fourth-order valence-corrected chi connectivity index (χ4v) is 3.37. The predicted molar refractivity (Wildman–Crippen MR) is 123 cm³/mol. The van der Waals surface area contributed by atoms with Gasteiger partial charge in [-0.2, -0.15) is 0 Å². The molecule has 0 bridgehead atoms. The number of rotatable bonds is 20. The van der Waals surface area contributed by atoms with Crippen LogP contribution in [0.25, 0.3) is 0 Å². The fourth-order valence-electron chi connectivity index (χ4n) is 3.37. The summed E-state index contributed by atoms with van der Waals surface area (Å²) < 4.78 is 0. The zero-order chi connectivity index (χ0) is 19.3. The van der Waals surface area contributed by atoms with Gasteiger partial charge in [0.15, 0.2) is 0 Å². The van der Waals surface area contributed by atoms with Crippen LogP contribution in [0.5, 0.6) is 0 Å². The largest absolute Gasteiger partial charge is 0.356 e. The molecule has 3 nitrogen and oxygen atoms in total. The van der Waals surface area contributed by atoms with Gasteiger partial charge >= 0.3 is 0 Å². The van der Waals surface area contributed by atoms with Crippen molar-refractivity contribution in [3.05, 3.63) is 0 Å². The van der Waals surface area contributed by atoms with Gasteiger partial charge in [0.2, 0.25) is 5.91 Å². The number of carbonyl (C=O) groups excluding carboxylic acids is 1. The van der Waals surface area contributed by atoms with Gasteiger partial charge in [-0.15, -0.1) is 12.4 Å². The maximum atomic E-state index is 11.7. The van der Waals surface area contributed by atoms with Crippen molar-refractivity contribution in [2.75, 3.05) is 27.2 Å². The van der Waals surface area contributed by atoms with Crippen LogP contribution >= 0.6 is 12.4 Å². The maximum Gasteiger partial charge on any atom is 0.219 e. The zero-order valence-electron chi connectivity index (χ0n) is 18.7. The van der Waals surface area contributed by atoms with Gasteiger partial charge in [0.25, 0.3) is 0 Å². The van der Waals surface area contributed by atoms with E-state index < -0.39 is 0 Å². The van der Waals surface area contributed by atoms with Crippen molar-refractivity contribution in [2.45, 2.75) is 116 Å². The van der Waals surface area contributed by atoms with E-state index in [-0.39, 0.29) is 18.3 Å². The molecule has 1 N–H and O–H groups in total. The molecule has 0 fully saturated rings. The summed E-state index contributed by atoms with van der Waals surface area (Å²) in [7, 11) is 4.13. The first-order chi connectivity index (χ1) is 12.7. The van der Waals surface area contributed by atoms with Crippen LogP contribution in [0.2, 0.25) is 0 Å². The highest BCUT2D eigenvalue weighted by Crippen LogP contribution is 2.13. The highest BCUT2D eigenvalue weighted by atomic mass is 35.5. The molecule has 0 atom stereocenters. The molecule has 164 valence electrons. The molecule has 0 aromatic heterocycles. The first kappa shape index (κ1) is 28.9. The second kappa shape index (κ2) is 23.8. The van der Waals surface area contributed by atoms with E-state index in [1.807, 2.05) is 0 Å². The number of carbonyl (C=O) groups is 1. The number of halogens is 1. The molecule has 0 saturated heterocycles. The van der Waals surface area contributed by atoms with Gasteiger partial charge in [-0.25, -0.2) is 0 Å². The normalized spacial score (nSPS) is 10.8. The Hall–Kier alpha value is -0.280. The van der Waals surface area contributed by atoms with Crippen LogP contribution in [-0.2, 0) is 4.79 Å². The average Bonchev–Trinajstić information content (AvgIpc) is 2.62. The quantitative estimate of drug-likeness (QED) is 0.228. The molecule has 4 heteroatoms. The molecule has 0 aromatic rings. The Morgan fingerprint density at radius 1 is 0.667 bits per heavy atom. The number of unbranched alkanes of at least 4 members (excludes halogenated alkanes) is 14. The standard InChI is InChI=1S/C23H48N2O.ClH/c1-4-5-6-7-8-9-10-11-12-13-14-15-16-17-18-20-23(26)24-21-19-22-25(2)3;/h4-22H2,1-3H3,(H,24,26);1H. The Balaban J connectivity index is 0. The maximum absolute atomic E-state index is 11.7. The Kier molecular flexibility index (Phi) is 25.5. The summed E-state index contributed by atoms with van der Waals surface area (Å²) in [5.41, 5.74) is 0. The monoisotopic (exact) mass is 404 g/mol. The third-order valence-electron chi connectivity index (χ3n) is 5.11. The van der Waals surface area contributed by atoms with Gasteiger partial charge in [-0.3, -0.25) is 4.79 Å². The third-order valence-corrected chi connectivity index (χ3v) is 5.11. The molecule has 0 heterocycles. The van der Waals surface area contributed by atoms with E-state index in [0.29, 0.717) is 6.42 Å². The van der Waals surface area contributed by atoms with E-state index in [1.54, 1.807) is 0 Å². The summed E-state index contributed by atoms with van der Waals surface area (Å²) in [4.78, 5) is 13.9. The van der Waals surface area contributed by atoms with Crippen molar-refractivity contribution in [2.24, 2.45) is 0 Å². The highest BCUT2D eigenvalue weighted by molar-refractivity contribution is 5.85. The summed E-state index contributed by atoms with van der Waals surface area (Å²) in [6.45, 7) is 4.14. The topological polar surface area (TPSA) is 32.3 Å². The van der Waals surface area contributed by atoms with E-state index >= 15 is 0 Å². The molecule has 0 unspecified atom stereocenters. The van der Waals surface area contributed by atoms with Gasteiger partial charge in [-0.1, -0.05) is 96.8 Å². The van der Waals surface area contributed by atoms with Gasteiger partial charge in [0.05, 0.1) is 0 Å². The molecule has 0 aliphatic carbocycles. The summed E-state index contributed by atoms with van der Waals surface area (Å²) >= 11 is 0. The average molecular weight is 405 g/mol. The van der Waals surface area contributed by atoms with Crippen molar-refractivity contribution in [1.82, 2.24) is 10.2 Å². The smallest absolute Gasteiger partial charge is 0.219 e. The lowest BCUT2D eigenvalue weighted by atomic mass is 10.0.